The highest BCUT2D eigenvalue weighted by molar-refractivity contribution is 7.13. The van der Waals surface area contributed by atoms with Crippen molar-refractivity contribution in [3.05, 3.63) is 53.8 Å². The highest BCUT2D eigenvalue weighted by Gasteiger charge is 2.29. The highest BCUT2D eigenvalue weighted by Crippen LogP contribution is 2.30. The van der Waals surface area contributed by atoms with Gasteiger partial charge in [0.15, 0.2) is 0 Å². The molecule has 9 heteroatoms. The summed E-state index contributed by atoms with van der Waals surface area (Å²) in [5, 5.41) is 14.8. The molecule has 0 spiro atoms. The molecule has 1 fully saturated rings. The van der Waals surface area contributed by atoms with Crippen LogP contribution in [0.1, 0.15) is 35.1 Å². The van der Waals surface area contributed by atoms with Gasteiger partial charge in [0.25, 0.3) is 11.8 Å². The predicted molar refractivity (Wildman–Crippen MR) is 106 cm³/mol. The van der Waals surface area contributed by atoms with E-state index in [4.69, 9.17) is 8.83 Å². The molecule has 1 saturated heterocycles. The molecule has 0 unspecified atom stereocenters. The number of nitrogens with zero attached hydrogens (tertiary/aromatic N) is 5. The number of carbonyl (C=O) groups excluding carboxylic acids is 1. The average Bonchev–Trinajstić information content (AvgIpc) is 3.54. The topological polar surface area (TPSA) is 90.2 Å². The third kappa shape index (κ3) is 3.38. The fourth-order valence-corrected chi connectivity index (χ4v) is 4.29. The molecule has 4 aromatic heterocycles. The van der Waals surface area contributed by atoms with Crippen molar-refractivity contribution in [3.8, 4) is 22.0 Å². The van der Waals surface area contributed by atoms with Crippen molar-refractivity contribution in [1.82, 2.24) is 24.9 Å². The van der Waals surface area contributed by atoms with Crippen LogP contribution in [-0.4, -0.2) is 43.9 Å². The number of carbonyl (C=O) groups is 1. The number of aryl methyl sites for hydroxylation is 1. The molecular weight excluding hydrogens is 390 g/mol. The molecule has 8 nitrogen and oxygen atoms in total. The summed E-state index contributed by atoms with van der Waals surface area (Å²) in [6.45, 7) is 1.29. The summed E-state index contributed by atoms with van der Waals surface area (Å²) in [5.74, 6) is 1.24. The Kier molecular flexibility index (Phi) is 4.51. The highest BCUT2D eigenvalue weighted by atomic mass is 32.1. The summed E-state index contributed by atoms with van der Waals surface area (Å²) < 4.78 is 12.5. The molecule has 29 heavy (non-hydrogen) atoms. The number of aromatic nitrogens is 4. The van der Waals surface area contributed by atoms with Crippen LogP contribution in [0.2, 0.25) is 0 Å². The second-order valence-electron chi connectivity index (χ2n) is 7.04. The minimum absolute atomic E-state index is 0.00544. The van der Waals surface area contributed by atoms with Gasteiger partial charge in [-0.25, -0.2) is 0 Å². The number of thiophene rings is 1. The van der Waals surface area contributed by atoms with Crippen molar-refractivity contribution >= 4 is 17.2 Å². The van der Waals surface area contributed by atoms with Gasteiger partial charge in [-0.3, -0.25) is 9.48 Å². The number of rotatable bonds is 4. The first-order chi connectivity index (χ1) is 14.2. The Balaban J connectivity index is 1.26. The van der Waals surface area contributed by atoms with Gasteiger partial charge in [-0.1, -0.05) is 6.07 Å². The van der Waals surface area contributed by atoms with Crippen LogP contribution in [0.5, 0.6) is 0 Å². The van der Waals surface area contributed by atoms with Gasteiger partial charge in [-0.2, -0.15) is 5.10 Å². The Morgan fingerprint density at radius 1 is 1.24 bits per heavy atom. The zero-order valence-corrected chi connectivity index (χ0v) is 16.6. The number of furan rings is 1. The fraction of sp³-hybridized carbons (Fsp3) is 0.300. The van der Waals surface area contributed by atoms with Crippen LogP contribution in [0.3, 0.4) is 0 Å². The minimum atomic E-state index is 0.00544. The van der Waals surface area contributed by atoms with Gasteiger partial charge in [0.2, 0.25) is 5.89 Å². The first-order valence-corrected chi connectivity index (χ1v) is 10.3. The van der Waals surface area contributed by atoms with E-state index >= 15 is 0 Å². The van der Waals surface area contributed by atoms with E-state index in [0.717, 1.165) is 29.0 Å². The maximum absolute atomic E-state index is 13.0. The van der Waals surface area contributed by atoms with Crippen LogP contribution in [0.4, 0.5) is 0 Å². The Labute approximate surface area is 170 Å². The summed E-state index contributed by atoms with van der Waals surface area (Å²) in [6.07, 6.45) is 4.73. The summed E-state index contributed by atoms with van der Waals surface area (Å²) in [7, 11) is 1.81. The van der Waals surface area contributed by atoms with E-state index < -0.39 is 0 Å². The van der Waals surface area contributed by atoms with Crippen molar-refractivity contribution in [1.29, 1.82) is 0 Å². The van der Waals surface area contributed by atoms with Crippen LogP contribution in [0.25, 0.3) is 22.0 Å². The van der Waals surface area contributed by atoms with Crippen molar-refractivity contribution < 1.29 is 13.6 Å². The Morgan fingerprint density at radius 2 is 2.10 bits per heavy atom. The number of hydrogen-bond donors (Lipinski definition) is 0. The lowest BCUT2D eigenvalue weighted by atomic mass is 9.96. The second kappa shape index (κ2) is 7.32. The molecule has 0 aliphatic carbocycles. The molecule has 0 saturated carbocycles. The molecule has 0 atom stereocenters. The van der Waals surface area contributed by atoms with Gasteiger partial charge in [-0.05, 0) is 36.4 Å². The van der Waals surface area contributed by atoms with Gasteiger partial charge < -0.3 is 13.7 Å². The third-order valence-corrected chi connectivity index (χ3v) is 6.11. The molecule has 0 bridgehead atoms. The lowest BCUT2D eigenvalue weighted by Crippen LogP contribution is -2.38. The standard InChI is InChI=1S/C20H19N5O3S/c1-24-16(11-15(23-24)17-3-2-10-29-17)20(26)25-7-4-13(5-8-25)18-21-22-19(28-18)14-6-9-27-12-14/h2-3,6,9-13H,4-5,7-8H2,1H3. The smallest absolute Gasteiger partial charge is 0.272 e. The van der Waals surface area contributed by atoms with Gasteiger partial charge in [0.1, 0.15) is 17.7 Å². The molecule has 0 radical (unpaired) electrons. The van der Waals surface area contributed by atoms with E-state index in [9.17, 15) is 4.79 Å². The molecule has 148 valence electrons. The SMILES string of the molecule is Cn1nc(-c2cccs2)cc1C(=O)N1CCC(c2nnc(-c3ccoc3)o2)CC1. The second-order valence-corrected chi connectivity index (χ2v) is 7.99. The molecule has 1 amide bonds. The molecule has 0 N–H and O–H groups in total. The van der Waals surface area contributed by atoms with Crippen molar-refractivity contribution in [2.75, 3.05) is 13.1 Å². The molecule has 5 rings (SSSR count). The van der Waals surface area contributed by atoms with E-state index in [1.165, 1.54) is 0 Å². The predicted octanol–water partition coefficient (Wildman–Crippen LogP) is 3.81. The van der Waals surface area contributed by atoms with E-state index in [-0.39, 0.29) is 11.8 Å². The summed E-state index contributed by atoms with van der Waals surface area (Å²) >= 11 is 1.61. The quantitative estimate of drug-likeness (QED) is 0.509. The van der Waals surface area contributed by atoms with Gasteiger partial charge in [0.05, 0.1) is 16.7 Å². The van der Waals surface area contributed by atoms with Gasteiger partial charge in [-0.15, -0.1) is 21.5 Å². The van der Waals surface area contributed by atoms with E-state index in [1.807, 2.05) is 35.5 Å². The van der Waals surface area contributed by atoms with Crippen LogP contribution in [-0.2, 0) is 7.05 Å². The average molecular weight is 409 g/mol. The summed E-state index contributed by atoms with van der Waals surface area (Å²) in [4.78, 5) is 15.9. The first-order valence-electron chi connectivity index (χ1n) is 9.42. The normalized spacial score (nSPS) is 15.1. The maximum atomic E-state index is 13.0. The Hall–Kier alpha value is -3.20. The number of amides is 1. The molecule has 4 aromatic rings. The zero-order valence-electron chi connectivity index (χ0n) is 15.8. The van der Waals surface area contributed by atoms with Gasteiger partial charge >= 0.3 is 0 Å². The largest absolute Gasteiger partial charge is 0.472 e. The lowest BCUT2D eigenvalue weighted by Gasteiger charge is -2.30. The first kappa shape index (κ1) is 17.9. The van der Waals surface area contributed by atoms with Crippen LogP contribution in [0.15, 0.2) is 51.0 Å². The monoisotopic (exact) mass is 409 g/mol. The lowest BCUT2D eigenvalue weighted by molar-refractivity contribution is 0.0695. The summed E-state index contributed by atoms with van der Waals surface area (Å²) in [5.41, 5.74) is 2.21. The minimum Gasteiger partial charge on any atom is -0.472 e. The molecule has 0 aromatic carbocycles. The van der Waals surface area contributed by atoms with E-state index in [0.29, 0.717) is 30.6 Å². The Bertz CT molecular complexity index is 1110. The van der Waals surface area contributed by atoms with E-state index in [2.05, 4.69) is 15.3 Å². The third-order valence-electron chi connectivity index (χ3n) is 5.21. The Morgan fingerprint density at radius 3 is 2.83 bits per heavy atom. The maximum Gasteiger partial charge on any atom is 0.272 e. The number of piperidine rings is 1. The molecule has 1 aliphatic rings. The van der Waals surface area contributed by atoms with Crippen LogP contribution < -0.4 is 0 Å². The van der Waals surface area contributed by atoms with Crippen LogP contribution >= 0.6 is 11.3 Å². The van der Waals surface area contributed by atoms with Crippen molar-refractivity contribution in [3.63, 3.8) is 0 Å². The number of hydrogen-bond acceptors (Lipinski definition) is 7. The number of likely N-dealkylation sites (tertiary alicyclic amines) is 1. The van der Waals surface area contributed by atoms with Crippen molar-refractivity contribution in [2.24, 2.45) is 7.05 Å². The van der Waals surface area contributed by atoms with Gasteiger partial charge in [0, 0.05) is 26.1 Å². The fourth-order valence-electron chi connectivity index (χ4n) is 3.61. The summed E-state index contributed by atoms with van der Waals surface area (Å²) in [6, 6.07) is 7.65. The molecule has 5 heterocycles. The van der Waals surface area contributed by atoms with Crippen LogP contribution in [0, 0.1) is 0 Å². The molecular formula is C20H19N5O3S. The zero-order chi connectivity index (χ0) is 19.8. The van der Waals surface area contributed by atoms with E-state index in [1.54, 1.807) is 34.6 Å². The van der Waals surface area contributed by atoms with Crippen molar-refractivity contribution in [2.45, 2.75) is 18.8 Å². The molecule has 1 aliphatic heterocycles.